The maximum Gasteiger partial charge on any atom is 0.115 e. The Bertz CT molecular complexity index is 2030. The summed E-state index contributed by atoms with van der Waals surface area (Å²) in [4.78, 5) is 0. The van der Waals surface area contributed by atoms with Gasteiger partial charge in [-0.2, -0.15) is 0 Å². The van der Waals surface area contributed by atoms with E-state index >= 15 is 0 Å². The number of nitrogens with zero attached hydrogens (tertiary/aromatic N) is 1. The van der Waals surface area contributed by atoms with E-state index in [-0.39, 0.29) is 16.4 Å². The van der Waals surface area contributed by atoms with Gasteiger partial charge in [0.2, 0.25) is 0 Å². The summed E-state index contributed by atoms with van der Waals surface area (Å²) in [5.74, 6) is 0. The molecule has 0 saturated heterocycles. The van der Waals surface area contributed by atoms with Crippen molar-refractivity contribution in [1.82, 2.24) is 4.57 Å². The molecule has 10 radical (unpaired) electrons. The van der Waals surface area contributed by atoms with E-state index in [0.29, 0.717) is 16.6 Å². The average Bonchev–Trinajstić information content (AvgIpc) is 3.27. The van der Waals surface area contributed by atoms with Crippen molar-refractivity contribution in [1.29, 1.82) is 0 Å². The molecule has 0 aliphatic rings. The lowest BCUT2D eigenvalue weighted by atomic mass is 9.61. The lowest BCUT2D eigenvalue weighted by molar-refractivity contribution is 1.22. The molecule has 154 valence electrons. The third kappa shape index (κ3) is 2.68. The van der Waals surface area contributed by atoms with Crippen molar-refractivity contribution in [2.45, 2.75) is 0 Å². The molecule has 6 heteroatoms. The molecule has 36 heavy (non-hydrogen) atoms. The normalized spacial score (nSPS) is 11.9. The van der Waals surface area contributed by atoms with Crippen LogP contribution in [-0.4, -0.2) is 43.8 Å². The fraction of sp³-hybridized carbons (Fsp3) is 0. The van der Waals surface area contributed by atoms with Crippen LogP contribution in [0.5, 0.6) is 0 Å². The van der Waals surface area contributed by atoms with Gasteiger partial charge in [0.1, 0.15) is 39.2 Å². The Kier molecular flexibility index (Phi) is 4.55. The lowest BCUT2D eigenvalue weighted by Gasteiger charge is -2.24. The van der Waals surface area contributed by atoms with Crippen LogP contribution in [0.25, 0.3) is 59.8 Å². The van der Waals surface area contributed by atoms with Gasteiger partial charge in [-0.15, -0.1) is 16.4 Å². The summed E-state index contributed by atoms with van der Waals surface area (Å²) in [5, 5.41) is 8.96. The summed E-state index contributed by atoms with van der Waals surface area (Å²) < 4.78 is 2.14. The highest BCUT2D eigenvalue weighted by Gasteiger charge is 2.23. The molecule has 0 unspecified atom stereocenters. The first-order valence-electron chi connectivity index (χ1n) is 11.8. The van der Waals surface area contributed by atoms with Crippen molar-refractivity contribution in [3.05, 3.63) is 84.9 Å². The quantitative estimate of drug-likeness (QED) is 0.272. The molecule has 0 aliphatic heterocycles. The highest BCUT2D eigenvalue weighted by Crippen LogP contribution is 2.43. The molecule has 6 aromatic carbocycles. The molecule has 1 aromatic heterocycles. The van der Waals surface area contributed by atoms with Gasteiger partial charge in [0, 0.05) is 27.2 Å². The molecular formula is C30H14B5N. The zero-order valence-corrected chi connectivity index (χ0v) is 19.4. The number of benzene rings is 6. The first kappa shape index (κ1) is 21.5. The SMILES string of the molecule is [B]c1c([B])c([B])c(-n2c3c4ccccc4ccc3c3c4ccccc4c4ccccc4c32)c([B])c1[B]. The molecule has 1 heterocycles. The fourth-order valence-corrected chi connectivity index (χ4v) is 5.74. The predicted octanol–water partition coefficient (Wildman–Crippen LogP) is 2.21. The molecule has 0 aliphatic carbocycles. The van der Waals surface area contributed by atoms with Gasteiger partial charge in [-0.1, -0.05) is 95.9 Å². The van der Waals surface area contributed by atoms with Crippen LogP contribution in [-0.2, 0) is 0 Å². The zero-order valence-electron chi connectivity index (χ0n) is 19.4. The third-order valence-corrected chi connectivity index (χ3v) is 7.42. The summed E-state index contributed by atoms with van der Waals surface area (Å²) in [6, 6.07) is 29.5. The molecule has 7 rings (SSSR count). The van der Waals surface area contributed by atoms with Gasteiger partial charge in [0.15, 0.2) is 0 Å². The van der Waals surface area contributed by atoms with Crippen LogP contribution in [0.3, 0.4) is 0 Å². The number of rotatable bonds is 1. The van der Waals surface area contributed by atoms with Crippen molar-refractivity contribution in [3.63, 3.8) is 0 Å². The monoisotopic (exact) mass is 443 g/mol. The molecule has 0 bridgehead atoms. The number of hydrogen-bond donors (Lipinski definition) is 0. The Labute approximate surface area is 215 Å². The third-order valence-electron chi connectivity index (χ3n) is 7.42. The second-order valence-corrected chi connectivity index (χ2v) is 9.25. The van der Waals surface area contributed by atoms with Crippen molar-refractivity contribution in [2.24, 2.45) is 0 Å². The molecule has 0 atom stereocenters. The predicted molar refractivity (Wildman–Crippen MR) is 160 cm³/mol. The Morgan fingerprint density at radius 2 is 0.889 bits per heavy atom. The molecule has 0 fully saturated rings. The largest absolute Gasteiger partial charge is 0.309 e. The van der Waals surface area contributed by atoms with E-state index in [4.69, 9.17) is 39.2 Å². The van der Waals surface area contributed by atoms with E-state index < -0.39 is 0 Å². The van der Waals surface area contributed by atoms with E-state index in [1.165, 1.54) is 5.39 Å². The number of hydrogen-bond acceptors (Lipinski definition) is 0. The summed E-state index contributed by atoms with van der Waals surface area (Å²) in [6.45, 7) is 0. The van der Waals surface area contributed by atoms with Crippen LogP contribution < -0.4 is 27.3 Å². The van der Waals surface area contributed by atoms with Crippen LogP contribution in [0.15, 0.2) is 84.9 Å². The van der Waals surface area contributed by atoms with E-state index in [1.807, 2.05) is 12.1 Å². The van der Waals surface area contributed by atoms with Crippen molar-refractivity contribution in [2.75, 3.05) is 0 Å². The minimum absolute atomic E-state index is 0.203. The second-order valence-electron chi connectivity index (χ2n) is 9.25. The van der Waals surface area contributed by atoms with Gasteiger partial charge in [-0.25, -0.2) is 0 Å². The minimum atomic E-state index is 0.203. The standard InChI is InChI=1S/C30H14B5N/c31-23-24(32)26(34)30(27(35)25(23)33)36-28-16-8-2-1-7-15(16)13-14-21(28)22-19-11-5-3-9-17(19)18-10-4-6-12-20(18)29(22)36/h1-14H. The topological polar surface area (TPSA) is 4.93 Å². The van der Waals surface area contributed by atoms with Gasteiger partial charge in [0.05, 0.1) is 11.0 Å². The number of fused-ring (bicyclic) bond motifs is 10. The van der Waals surface area contributed by atoms with Crippen LogP contribution in [0.1, 0.15) is 0 Å². The Morgan fingerprint density at radius 1 is 0.389 bits per heavy atom. The first-order chi connectivity index (χ1) is 17.5. The van der Waals surface area contributed by atoms with Gasteiger partial charge in [-0.3, -0.25) is 0 Å². The highest BCUT2D eigenvalue weighted by molar-refractivity contribution is 6.68. The molecular weight excluding hydrogens is 428 g/mol. The molecule has 0 amide bonds. The van der Waals surface area contributed by atoms with E-state index in [2.05, 4.69) is 77.4 Å². The van der Waals surface area contributed by atoms with Gasteiger partial charge < -0.3 is 4.57 Å². The number of aromatic nitrogens is 1. The van der Waals surface area contributed by atoms with E-state index in [9.17, 15) is 0 Å². The van der Waals surface area contributed by atoms with Crippen molar-refractivity contribution in [3.8, 4) is 5.69 Å². The Hall–Kier alpha value is -3.78. The second kappa shape index (κ2) is 7.61. The molecule has 1 nitrogen and oxygen atoms in total. The summed E-state index contributed by atoms with van der Waals surface area (Å²) in [5.41, 5.74) is 3.83. The highest BCUT2D eigenvalue weighted by atomic mass is 15.0. The Morgan fingerprint density at radius 3 is 1.56 bits per heavy atom. The smallest absolute Gasteiger partial charge is 0.115 e. The van der Waals surface area contributed by atoms with Crippen molar-refractivity contribution >= 4 is 121 Å². The van der Waals surface area contributed by atoms with Gasteiger partial charge >= 0.3 is 0 Å². The summed E-state index contributed by atoms with van der Waals surface area (Å²) in [6.07, 6.45) is 0. The van der Waals surface area contributed by atoms with Gasteiger partial charge in [-0.05, 0) is 21.5 Å². The van der Waals surface area contributed by atoms with Crippen molar-refractivity contribution < 1.29 is 0 Å². The molecule has 0 saturated carbocycles. The maximum atomic E-state index is 6.67. The molecule has 0 spiro atoms. The Balaban J connectivity index is 1.90. The summed E-state index contributed by atoms with van der Waals surface area (Å²) in [7, 11) is 32.2. The van der Waals surface area contributed by atoms with Crippen LogP contribution in [0, 0.1) is 0 Å². The molecule has 7 aromatic rings. The van der Waals surface area contributed by atoms with E-state index in [0.717, 1.165) is 48.7 Å². The minimum Gasteiger partial charge on any atom is -0.309 e. The van der Waals surface area contributed by atoms with Crippen LogP contribution in [0.2, 0.25) is 0 Å². The first-order valence-corrected chi connectivity index (χ1v) is 11.8. The zero-order chi connectivity index (χ0) is 24.7. The van der Waals surface area contributed by atoms with Gasteiger partial charge in [0.25, 0.3) is 0 Å². The maximum absolute atomic E-state index is 6.67. The lowest BCUT2D eigenvalue weighted by Crippen LogP contribution is -2.56. The fourth-order valence-electron chi connectivity index (χ4n) is 5.74. The average molecular weight is 443 g/mol. The van der Waals surface area contributed by atoms with Crippen LogP contribution in [0.4, 0.5) is 0 Å². The summed E-state index contributed by atoms with van der Waals surface area (Å²) >= 11 is 0. The van der Waals surface area contributed by atoms with E-state index in [1.54, 1.807) is 0 Å². The van der Waals surface area contributed by atoms with Crippen LogP contribution >= 0.6 is 0 Å². The molecule has 0 N–H and O–H groups in total.